The van der Waals surface area contributed by atoms with E-state index in [0.717, 1.165) is 11.3 Å². The summed E-state index contributed by atoms with van der Waals surface area (Å²) in [5.41, 5.74) is 8.06. The van der Waals surface area contributed by atoms with Crippen LogP contribution >= 0.6 is 0 Å². The van der Waals surface area contributed by atoms with Gasteiger partial charge in [0.15, 0.2) is 0 Å². The molecule has 1 aromatic carbocycles. The van der Waals surface area contributed by atoms with Gasteiger partial charge in [-0.25, -0.2) is 0 Å². The lowest BCUT2D eigenvalue weighted by Gasteiger charge is -2.25. The van der Waals surface area contributed by atoms with Crippen LogP contribution in [0.2, 0.25) is 0 Å². The molecule has 0 heterocycles. The van der Waals surface area contributed by atoms with Gasteiger partial charge in [-0.05, 0) is 44.5 Å². The van der Waals surface area contributed by atoms with Gasteiger partial charge < -0.3 is 15.8 Å². The van der Waals surface area contributed by atoms with Crippen LogP contribution in [-0.2, 0) is 11.2 Å². The fourth-order valence-electron chi connectivity index (χ4n) is 1.71. The van der Waals surface area contributed by atoms with Crippen molar-refractivity contribution in [3.05, 3.63) is 23.8 Å². The van der Waals surface area contributed by atoms with E-state index in [1.807, 2.05) is 39.0 Å². The molecule has 0 atom stereocenters. The van der Waals surface area contributed by atoms with Crippen molar-refractivity contribution < 1.29 is 4.74 Å². The van der Waals surface area contributed by atoms with Crippen LogP contribution in [0.15, 0.2) is 18.2 Å². The molecule has 3 N–H and O–H groups in total. The molecule has 0 saturated heterocycles. The molecule has 0 bridgehead atoms. The largest absolute Gasteiger partial charge is 0.398 e. The first-order chi connectivity index (χ1) is 8.48. The average molecular weight is 247 g/mol. The Morgan fingerprint density at radius 3 is 2.78 bits per heavy atom. The zero-order valence-corrected chi connectivity index (χ0v) is 11.3. The van der Waals surface area contributed by atoms with E-state index in [2.05, 4.69) is 11.4 Å². The standard InChI is InChI=1S/C14H21N3O/c1-4-18-14(2,3)10-17-12-5-6-13(16)11(9-12)7-8-15/h5-6,9,17H,4,7,10,16H2,1-3H3. The van der Waals surface area contributed by atoms with Gasteiger partial charge in [0.2, 0.25) is 0 Å². The Labute approximate surface area is 109 Å². The van der Waals surface area contributed by atoms with E-state index in [9.17, 15) is 0 Å². The maximum Gasteiger partial charge on any atom is 0.0797 e. The van der Waals surface area contributed by atoms with E-state index in [-0.39, 0.29) is 5.60 Å². The molecule has 0 saturated carbocycles. The maximum atomic E-state index is 8.72. The normalized spacial score (nSPS) is 11.0. The number of nitriles is 1. The molecule has 4 nitrogen and oxygen atoms in total. The molecule has 0 radical (unpaired) electrons. The third-order valence-corrected chi connectivity index (χ3v) is 2.67. The van der Waals surface area contributed by atoms with Gasteiger partial charge in [-0.1, -0.05) is 0 Å². The zero-order chi connectivity index (χ0) is 13.6. The highest BCUT2D eigenvalue weighted by molar-refractivity contribution is 5.58. The Morgan fingerprint density at radius 1 is 1.44 bits per heavy atom. The van der Waals surface area contributed by atoms with Crippen LogP contribution < -0.4 is 11.1 Å². The van der Waals surface area contributed by atoms with E-state index >= 15 is 0 Å². The van der Waals surface area contributed by atoms with Gasteiger partial charge in [-0.15, -0.1) is 0 Å². The summed E-state index contributed by atoms with van der Waals surface area (Å²) in [5.74, 6) is 0. The average Bonchev–Trinajstić information content (AvgIpc) is 2.30. The first-order valence-corrected chi connectivity index (χ1v) is 6.11. The SMILES string of the molecule is CCOC(C)(C)CNc1ccc(N)c(CC#N)c1. The molecule has 98 valence electrons. The molecule has 0 fully saturated rings. The van der Waals surface area contributed by atoms with Crippen molar-refractivity contribution in [1.29, 1.82) is 5.26 Å². The first-order valence-electron chi connectivity index (χ1n) is 6.11. The van der Waals surface area contributed by atoms with Crippen LogP contribution in [-0.4, -0.2) is 18.8 Å². The molecule has 0 aromatic heterocycles. The molecule has 0 aliphatic rings. The van der Waals surface area contributed by atoms with Gasteiger partial charge in [-0.2, -0.15) is 5.26 Å². The van der Waals surface area contributed by atoms with Crippen molar-refractivity contribution in [3.8, 4) is 6.07 Å². The quantitative estimate of drug-likeness (QED) is 0.758. The first kappa shape index (κ1) is 14.3. The summed E-state index contributed by atoms with van der Waals surface area (Å²) in [6.07, 6.45) is 0.330. The van der Waals surface area contributed by atoms with E-state index in [1.54, 1.807) is 0 Å². The Kier molecular flexibility index (Phi) is 4.99. The van der Waals surface area contributed by atoms with E-state index in [1.165, 1.54) is 0 Å². The lowest BCUT2D eigenvalue weighted by Crippen LogP contribution is -2.33. The van der Waals surface area contributed by atoms with Crippen LogP contribution in [0.3, 0.4) is 0 Å². The molecule has 0 unspecified atom stereocenters. The fourth-order valence-corrected chi connectivity index (χ4v) is 1.71. The lowest BCUT2D eigenvalue weighted by atomic mass is 10.1. The van der Waals surface area contributed by atoms with Crippen LogP contribution in [0.5, 0.6) is 0 Å². The minimum absolute atomic E-state index is 0.217. The number of ether oxygens (including phenoxy) is 1. The highest BCUT2D eigenvalue weighted by atomic mass is 16.5. The molecule has 4 heteroatoms. The summed E-state index contributed by atoms with van der Waals surface area (Å²) < 4.78 is 5.61. The Balaban J connectivity index is 2.68. The predicted octanol–water partition coefficient (Wildman–Crippen LogP) is 2.56. The summed E-state index contributed by atoms with van der Waals surface area (Å²) >= 11 is 0. The molecule has 18 heavy (non-hydrogen) atoms. The number of hydrogen-bond acceptors (Lipinski definition) is 4. The summed E-state index contributed by atoms with van der Waals surface area (Å²) in [5, 5.41) is 12.0. The highest BCUT2D eigenvalue weighted by Gasteiger charge is 2.17. The maximum absolute atomic E-state index is 8.72. The summed E-state index contributed by atoms with van der Waals surface area (Å²) in [4.78, 5) is 0. The van der Waals surface area contributed by atoms with Crippen LogP contribution in [0.25, 0.3) is 0 Å². The van der Waals surface area contributed by atoms with E-state index < -0.39 is 0 Å². The third-order valence-electron chi connectivity index (χ3n) is 2.67. The minimum atomic E-state index is -0.217. The monoisotopic (exact) mass is 247 g/mol. The van der Waals surface area contributed by atoms with Crippen molar-refractivity contribution >= 4 is 11.4 Å². The van der Waals surface area contributed by atoms with Crippen LogP contribution in [0.1, 0.15) is 26.3 Å². The number of benzene rings is 1. The molecule has 0 spiro atoms. The number of nitrogen functional groups attached to an aromatic ring is 1. The van der Waals surface area contributed by atoms with Crippen LogP contribution in [0, 0.1) is 11.3 Å². The van der Waals surface area contributed by atoms with Gasteiger partial charge in [0, 0.05) is 24.5 Å². The van der Waals surface area contributed by atoms with Gasteiger partial charge >= 0.3 is 0 Å². The van der Waals surface area contributed by atoms with Gasteiger partial charge in [0.1, 0.15) is 0 Å². The predicted molar refractivity (Wildman–Crippen MR) is 74.4 cm³/mol. The second-order valence-corrected chi connectivity index (χ2v) is 4.79. The zero-order valence-electron chi connectivity index (χ0n) is 11.3. The van der Waals surface area contributed by atoms with E-state index in [0.29, 0.717) is 25.3 Å². The Morgan fingerprint density at radius 2 is 2.17 bits per heavy atom. The van der Waals surface area contributed by atoms with Gasteiger partial charge in [0.25, 0.3) is 0 Å². The number of hydrogen-bond donors (Lipinski definition) is 2. The summed E-state index contributed by atoms with van der Waals surface area (Å²) in [6, 6.07) is 7.77. The van der Waals surface area contributed by atoms with Gasteiger partial charge in [-0.3, -0.25) is 0 Å². The summed E-state index contributed by atoms with van der Waals surface area (Å²) in [6.45, 7) is 7.46. The van der Waals surface area contributed by atoms with Crippen LogP contribution in [0.4, 0.5) is 11.4 Å². The number of anilines is 2. The topological polar surface area (TPSA) is 71.1 Å². The molecule has 1 aromatic rings. The third kappa shape index (κ3) is 4.27. The molecule has 1 rings (SSSR count). The second-order valence-electron chi connectivity index (χ2n) is 4.79. The molecule has 0 amide bonds. The minimum Gasteiger partial charge on any atom is -0.398 e. The number of nitrogens with one attached hydrogen (secondary N) is 1. The second kappa shape index (κ2) is 6.27. The molecular weight excluding hydrogens is 226 g/mol. The molecular formula is C14H21N3O. The number of rotatable bonds is 6. The number of nitrogens with two attached hydrogens (primary N) is 1. The van der Waals surface area contributed by atoms with Crippen molar-refractivity contribution in [2.75, 3.05) is 24.2 Å². The summed E-state index contributed by atoms with van der Waals surface area (Å²) in [7, 11) is 0. The van der Waals surface area contributed by atoms with Crippen molar-refractivity contribution in [3.63, 3.8) is 0 Å². The smallest absolute Gasteiger partial charge is 0.0797 e. The van der Waals surface area contributed by atoms with Gasteiger partial charge in [0.05, 0.1) is 18.1 Å². The lowest BCUT2D eigenvalue weighted by molar-refractivity contribution is 0.000698. The molecule has 0 aliphatic carbocycles. The van der Waals surface area contributed by atoms with E-state index in [4.69, 9.17) is 15.7 Å². The number of nitrogens with zero attached hydrogens (tertiary/aromatic N) is 1. The van der Waals surface area contributed by atoms with Crippen molar-refractivity contribution in [2.24, 2.45) is 0 Å². The van der Waals surface area contributed by atoms with Crippen molar-refractivity contribution in [1.82, 2.24) is 0 Å². The fraction of sp³-hybridized carbons (Fsp3) is 0.500. The highest BCUT2D eigenvalue weighted by Crippen LogP contribution is 2.19. The Hall–Kier alpha value is -1.73. The Bertz CT molecular complexity index is 435. The molecule has 0 aliphatic heterocycles. The van der Waals surface area contributed by atoms with Crippen molar-refractivity contribution in [2.45, 2.75) is 32.8 Å².